The number of carbonyl (C=O) groups excluding carboxylic acids is 1. The lowest BCUT2D eigenvalue weighted by Gasteiger charge is -2.24. The minimum Gasteiger partial charge on any atom is -0.481 e. The van der Waals surface area contributed by atoms with E-state index >= 15 is 0 Å². The number of carboxylic acid groups (broad SMARTS) is 1. The van der Waals surface area contributed by atoms with Gasteiger partial charge < -0.3 is 10.0 Å². The van der Waals surface area contributed by atoms with Crippen molar-refractivity contribution in [2.24, 2.45) is 5.92 Å². The average Bonchev–Trinajstić information content (AvgIpc) is 3.38. The fourth-order valence-electron chi connectivity index (χ4n) is 2.88. The predicted molar refractivity (Wildman–Crippen MR) is 93.4 cm³/mol. The van der Waals surface area contributed by atoms with Crippen molar-refractivity contribution in [2.75, 3.05) is 6.54 Å². The fourth-order valence-corrected chi connectivity index (χ4v) is 2.88. The number of aliphatic carboxylic acids is 1. The van der Waals surface area contributed by atoms with E-state index in [9.17, 15) is 9.59 Å². The van der Waals surface area contributed by atoms with Gasteiger partial charge in [-0.1, -0.05) is 37.3 Å². The Labute approximate surface area is 147 Å². The van der Waals surface area contributed by atoms with Crippen molar-refractivity contribution in [3.05, 3.63) is 53.3 Å². The summed E-state index contributed by atoms with van der Waals surface area (Å²) in [5, 5.41) is 13.5. The number of rotatable bonds is 7. The van der Waals surface area contributed by atoms with E-state index < -0.39 is 11.9 Å². The number of nitrogens with zero attached hydrogens (tertiary/aromatic N) is 3. The van der Waals surface area contributed by atoms with Crippen molar-refractivity contribution in [1.29, 1.82) is 0 Å². The van der Waals surface area contributed by atoms with E-state index in [1.165, 1.54) is 0 Å². The average molecular weight is 341 g/mol. The number of amides is 1. The van der Waals surface area contributed by atoms with E-state index in [1.807, 2.05) is 41.9 Å². The molecule has 1 aliphatic rings. The summed E-state index contributed by atoms with van der Waals surface area (Å²) < 4.78 is 1.81. The lowest BCUT2D eigenvalue weighted by Crippen LogP contribution is -2.38. The molecule has 1 aromatic heterocycles. The van der Waals surface area contributed by atoms with E-state index in [0.29, 0.717) is 12.1 Å². The highest BCUT2D eigenvalue weighted by Gasteiger charge is 2.36. The quantitative estimate of drug-likeness (QED) is 0.840. The number of benzene rings is 1. The summed E-state index contributed by atoms with van der Waals surface area (Å²) in [5.74, 6) is -1.58. The molecule has 25 heavy (non-hydrogen) atoms. The van der Waals surface area contributed by atoms with Gasteiger partial charge in [0.1, 0.15) is 0 Å². The molecule has 1 atom stereocenters. The zero-order valence-electron chi connectivity index (χ0n) is 14.6. The Kier molecular flexibility index (Phi) is 4.88. The third-order valence-corrected chi connectivity index (χ3v) is 4.65. The summed E-state index contributed by atoms with van der Waals surface area (Å²) >= 11 is 0. The topological polar surface area (TPSA) is 75.4 Å². The van der Waals surface area contributed by atoms with Crippen LogP contribution in [-0.4, -0.2) is 44.3 Å². The second-order valence-corrected chi connectivity index (χ2v) is 6.71. The van der Waals surface area contributed by atoms with Gasteiger partial charge in [-0.15, -0.1) is 0 Å². The Hall–Kier alpha value is -2.63. The molecule has 1 aromatic carbocycles. The molecule has 1 fully saturated rings. The first-order valence-corrected chi connectivity index (χ1v) is 8.57. The standard InChI is InChI=1S/C19H23N3O3/c1-13(19(24)25)11-21(16-8-9-16)18(23)17-10-20-22(14(17)2)12-15-6-4-3-5-7-15/h3-7,10,13,16H,8-9,11-12H2,1-2H3,(H,24,25). The second-order valence-electron chi connectivity index (χ2n) is 6.71. The van der Waals surface area contributed by atoms with E-state index in [4.69, 9.17) is 5.11 Å². The maximum absolute atomic E-state index is 13.0. The van der Waals surface area contributed by atoms with Crippen LogP contribution in [0.2, 0.25) is 0 Å². The van der Waals surface area contributed by atoms with E-state index in [1.54, 1.807) is 18.0 Å². The van der Waals surface area contributed by atoms with Crippen molar-refractivity contribution < 1.29 is 14.7 Å². The zero-order valence-corrected chi connectivity index (χ0v) is 14.6. The number of carbonyl (C=O) groups is 2. The number of aromatic nitrogens is 2. The molecule has 0 radical (unpaired) electrons. The Morgan fingerprint density at radius 2 is 2.00 bits per heavy atom. The zero-order chi connectivity index (χ0) is 18.0. The lowest BCUT2D eigenvalue weighted by atomic mass is 10.1. The molecular weight excluding hydrogens is 318 g/mol. The SMILES string of the molecule is Cc1c(C(=O)N(CC(C)C(=O)O)C2CC2)cnn1Cc1ccccc1. The van der Waals surface area contributed by atoms with Crippen LogP contribution in [0.3, 0.4) is 0 Å². The highest BCUT2D eigenvalue weighted by atomic mass is 16.4. The van der Waals surface area contributed by atoms with Gasteiger partial charge in [0, 0.05) is 18.3 Å². The van der Waals surface area contributed by atoms with Crippen LogP contribution in [0.15, 0.2) is 36.5 Å². The first-order valence-electron chi connectivity index (χ1n) is 8.57. The molecule has 1 heterocycles. The lowest BCUT2D eigenvalue weighted by molar-refractivity contribution is -0.141. The molecule has 0 spiro atoms. The van der Waals surface area contributed by atoms with Crippen LogP contribution in [0, 0.1) is 12.8 Å². The molecule has 1 unspecified atom stereocenters. The summed E-state index contributed by atoms with van der Waals surface area (Å²) in [4.78, 5) is 25.8. The van der Waals surface area contributed by atoms with Gasteiger partial charge in [-0.3, -0.25) is 14.3 Å². The molecule has 6 heteroatoms. The van der Waals surface area contributed by atoms with Gasteiger partial charge in [0.2, 0.25) is 0 Å². The van der Waals surface area contributed by atoms with Gasteiger partial charge in [0.05, 0.1) is 24.2 Å². The molecular formula is C19H23N3O3. The summed E-state index contributed by atoms with van der Waals surface area (Å²) in [6.45, 7) is 4.36. The Balaban J connectivity index is 1.78. The van der Waals surface area contributed by atoms with Crippen LogP contribution in [0.25, 0.3) is 0 Å². The predicted octanol–water partition coefficient (Wildman–Crippen LogP) is 2.57. The first-order chi connectivity index (χ1) is 12.0. The molecule has 0 saturated heterocycles. The molecule has 0 bridgehead atoms. The largest absolute Gasteiger partial charge is 0.481 e. The van der Waals surface area contributed by atoms with Crippen molar-refractivity contribution in [1.82, 2.24) is 14.7 Å². The first kappa shape index (κ1) is 17.2. The molecule has 1 aliphatic carbocycles. The summed E-state index contributed by atoms with van der Waals surface area (Å²) in [6, 6.07) is 10.1. The smallest absolute Gasteiger partial charge is 0.308 e. The normalized spacial score (nSPS) is 15.0. The summed E-state index contributed by atoms with van der Waals surface area (Å²) in [7, 11) is 0. The van der Waals surface area contributed by atoms with Gasteiger partial charge in [-0.05, 0) is 25.3 Å². The van der Waals surface area contributed by atoms with Crippen LogP contribution in [0.4, 0.5) is 0 Å². The third-order valence-electron chi connectivity index (χ3n) is 4.65. The highest BCUT2D eigenvalue weighted by Crippen LogP contribution is 2.29. The van der Waals surface area contributed by atoms with Gasteiger partial charge in [-0.25, -0.2) is 0 Å². The molecule has 1 saturated carbocycles. The Morgan fingerprint density at radius 3 is 2.60 bits per heavy atom. The highest BCUT2D eigenvalue weighted by molar-refractivity contribution is 5.95. The van der Waals surface area contributed by atoms with Crippen molar-refractivity contribution in [3.8, 4) is 0 Å². The molecule has 0 aliphatic heterocycles. The van der Waals surface area contributed by atoms with Crippen LogP contribution in [0.1, 0.15) is 41.4 Å². The van der Waals surface area contributed by atoms with E-state index in [2.05, 4.69) is 5.10 Å². The van der Waals surface area contributed by atoms with Crippen molar-refractivity contribution in [3.63, 3.8) is 0 Å². The maximum atomic E-state index is 13.0. The maximum Gasteiger partial charge on any atom is 0.308 e. The minimum atomic E-state index is -0.880. The molecule has 2 aromatic rings. The molecule has 1 amide bonds. The van der Waals surface area contributed by atoms with Crippen molar-refractivity contribution >= 4 is 11.9 Å². The fraction of sp³-hybridized carbons (Fsp3) is 0.421. The molecule has 132 valence electrons. The number of hydrogen-bond acceptors (Lipinski definition) is 3. The van der Waals surface area contributed by atoms with E-state index in [0.717, 1.165) is 24.1 Å². The Morgan fingerprint density at radius 1 is 1.32 bits per heavy atom. The van der Waals surface area contributed by atoms with Gasteiger partial charge in [-0.2, -0.15) is 5.10 Å². The molecule has 1 N–H and O–H groups in total. The summed E-state index contributed by atoms with van der Waals surface area (Å²) in [6.07, 6.45) is 3.48. The molecule has 3 rings (SSSR count). The Bertz CT molecular complexity index is 765. The second kappa shape index (κ2) is 7.09. The van der Waals surface area contributed by atoms with Gasteiger partial charge in [0.25, 0.3) is 5.91 Å². The monoisotopic (exact) mass is 341 g/mol. The van der Waals surface area contributed by atoms with E-state index in [-0.39, 0.29) is 18.5 Å². The van der Waals surface area contributed by atoms with Crippen LogP contribution < -0.4 is 0 Å². The van der Waals surface area contributed by atoms with Gasteiger partial charge >= 0.3 is 5.97 Å². The molecule has 6 nitrogen and oxygen atoms in total. The van der Waals surface area contributed by atoms with Crippen LogP contribution in [0.5, 0.6) is 0 Å². The van der Waals surface area contributed by atoms with Crippen molar-refractivity contribution in [2.45, 2.75) is 39.3 Å². The summed E-state index contributed by atoms with van der Waals surface area (Å²) in [5.41, 5.74) is 2.48. The number of carboxylic acids is 1. The number of hydrogen-bond donors (Lipinski definition) is 1. The van der Waals surface area contributed by atoms with Gasteiger partial charge in [0.15, 0.2) is 0 Å². The third kappa shape index (κ3) is 3.90. The van der Waals surface area contributed by atoms with Crippen LogP contribution >= 0.6 is 0 Å². The minimum absolute atomic E-state index is 0.118. The van der Waals surface area contributed by atoms with Crippen LogP contribution in [-0.2, 0) is 11.3 Å².